The van der Waals surface area contributed by atoms with Crippen molar-refractivity contribution in [1.82, 2.24) is 5.32 Å². The van der Waals surface area contributed by atoms with Crippen LogP contribution in [0.25, 0.3) is 0 Å². The van der Waals surface area contributed by atoms with Crippen LogP contribution in [0, 0.1) is 0 Å². The van der Waals surface area contributed by atoms with Gasteiger partial charge in [0.2, 0.25) is 5.91 Å². The minimum absolute atomic E-state index is 0.0378. The van der Waals surface area contributed by atoms with Crippen LogP contribution in [0.4, 0.5) is 5.69 Å². The van der Waals surface area contributed by atoms with Crippen LogP contribution in [0.1, 0.15) is 12.0 Å². The summed E-state index contributed by atoms with van der Waals surface area (Å²) in [5.74, 6) is -0.0378. The van der Waals surface area contributed by atoms with E-state index in [-0.39, 0.29) is 11.2 Å². The van der Waals surface area contributed by atoms with Gasteiger partial charge in [0.05, 0.1) is 11.5 Å². The molecule has 1 N–H and O–H groups in total. The molecular formula is C15H18N4OS. The molecule has 1 saturated heterocycles. The second kappa shape index (κ2) is 7.08. The predicted octanol–water partition coefficient (Wildman–Crippen LogP) is 2.25. The normalized spacial score (nSPS) is 20.0. The summed E-state index contributed by atoms with van der Waals surface area (Å²) in [6, 6.07) is 7.97. The molecular weight excluding hydrogens is 284 g/mol. The first-order valence-electron chi connectivity index (χ1n) is 6.57. The van der Waals surface area contributed by atoms with E-state index in [1.807, 2.05) is 43.3 Å². The largest absolute Gasteiger partial charge is 0.378 e. The van der Waals surface area contributed by atoms with Gasteiger partial charge in [0.1, 0.15) is 0 Å². The van der Waals surface area contributed by atoms with Crippen LogP contribution in [0.3, 0.4) is 0 Å². The van der Waals surface area contributed by atoms with Crippen LogP contribution >= 0.6 is 11.8 Å². The van der Waals surface area contributed by atoms with Crippen molar-refractivity contribution in [3.63, 3.8) is 0 Å². The molecule has 1 aromatic rings. The topological polar surface area (TPSA) is 57.1 Å². The zero-order valence-corrected chi connectivity index (χ0v) is 12.9. The molecule has 0 aliphatic carbocycles. The Hall–Kier alpha value is -2.08. The lowest BCUT2D eigenvalue weighted by Gasteiger charge is -2.11. The number of carbonyl (C=O) groups is 1. The Balaban J connectivity index is 1.97. The van der Waals surface area contributed by atoms with E-state index in [9.17, 15) is 4.79 Å². The monoisotopic (exact) mass is 302 g/mol. The smallest absolute Gasteiger partial charge is 0.239 e. The molecule has 0 unspecified atom stereocenters. The van der Waals surface area contributed by atoms with Crippen molar-refractivity contribution in [2.45, 2.75) is 11.7 Å². The predicted molar refractivity (Wildman–Crippen MR) is 90.1 cm³/mol. The Morgan fingerprint density at radius 2 is 2.10 bits per heavy atom. The van der Waals surface area contributed by atoms with E-state index >= 15 is 0 Å². The SMILES string of the molecule is C=CC[C@H]1S/C(=N\N=C/c2ccc(N(C)C)cc2)NC1=O. The van der Waals surface area contributed by atoms with Crippen molar-refractivity contribution >= 4 is 34.7 Å². The highest BCUT2D eigenvalue weighted by Gasteiger charge is 2.28. The second-order valence-corrected chi connectivity index (χ2v) is 5.95. The van der Waals surface area contributed by atoms with Crippen molar-refractivity contribution in [2.75, 3.05) is 19.0 Å². The number of anilines is 1. The Bertz CT molecular complexity index is 578. The van der Waals surface area contributed by atoms with Gasteiger partial charge in [-0.15, -0.1) is 11.7 Å². The fraction of sp³-hybridized carbons (Fsp3) is 0.267. The molecule has 0 radical (unpaired) electrons. The van der Waals surface area contributed by atoms with Gasteiger partial charge in [0.15, 0.2) is 5.17 Å². The summed E-state index contributed by atoms with van der Waals surface area (Å²) >= 11 is 1.38. The van der Waals surface area contributed by atoms with Gasteiger partial charge in [-0.05, 0) is 24.1 Å². The van der Waals surface area contributed by atoms with Gasteiger partial charge in [-0.2, -0.15) is 5.10 Å². The lowest BCUT2D eigenvalue weighted by Crippen LogP contribution is -2.24. The van der Waals surface area contributed by atoms with Gasteiger partial charge >= 0.3 is 0 Å². The standard InChI is InChI=1S/C15H18N4OS/c1-4-5-13-14(20)17-15(21-13)18-16-10-11-6-8-12(9-7-11)19(2)3/h4,6-10,13H,1,5H2,2-3H3,(H,17,18,20)/b16-10-/t13-/m1/s1. The third-order valence-corrected chi connectivity index (χ3v) is 4.02. The number of thioether (sulfide) groups is 1. The zero-order chi connectivity index (χ0) is 15.2. The lowest BCUT2D eigenvalue weighted by molar-refractivity contribution is -0.118. The number of hydrogen-bond donors (Lipinski definition) is 1. The molecule has 1 aliphatic heterocycles. The number of nitrogens with zero attached hydrogens (tertiary/aromatic N) is 3. The molecule has 1 amide bonds. The molecule has 0 bridgehead atoms. The molecule has 0 aromatic heterocycles. The van der Waals surface area contributed by atoms with Gasteiger partial charge < -0.3 is 10.2 Å². The second-order valence-electron chi connectivity index (χ2n) is 4.76. The third-order valence-electron chi connectivity index (χ3n) is 2.92. The highest BCUT2D eigenvalue weighted by Crippen LogP contribution is 2.22. The Labute approximate surface area is 128 Å². The summed E-state index contributed by atoms with van der Waals surface area (Å²) in [7, 11) is 3.99. The Morgan fingerprint density at radius 3 is 2.71 bits per heavy atom. The van der Waals surface area contributed by atoms with Crippen molar-refractivity contribution in [3.8, 4) is 0 Å². The molecule has 6 heteroatoms. The fourth-order valence-electron chi connectivity index (χ4n) is 1.77. The summed E-state index contributed by atoms with van der Waals surface area (Å²) in [4.78, 5) is 13.6. The van der Waals surface area contributed by atoms with Gasteiger partial charge in [0, 0.05) is 19.8 Å². The summed E-state index contributed by atoms with van der Waals surface area (Å²) in [5.41, 5.74) is 2.09. The van der Waals surface area contributed by atoms with E-state index in [0.717, 1.165) is 11.3 Å². The maximum Gasteiger partial charge on any atom is 0.239 e. The minimum atomic E-state index is -0.143. The Kier molecular flexibility index (Phi) is 5.16. The first kappa shape index (κ1) is 15.3. The van der Waals surface area contributed by atoms with Crippen LogP contribution in [0.5, 0.6) is 0 Å². The van der Waals surface area contributed by atoms with E-state index in [0.29, 0.717) is 11.6 Å². The zero-order valence-electron chi connectivity index (χ0n) is 12.1. The molecule has 2 rings (SSSR count). The van der Waals surface area contributed by atoms with Gasteiger partial charge in [-0.3, -0.25) is 4.79 Å². The molecule has 5 nitrogen and oxygen atoms in total. The van der Waals surface area contributed by atoms with Crippen LogP contribution in [-0.2, 0) is 4.79 Å². The number of carbonyl (C=O) groups excluding carboxylic acids is 1. The lowest BCUT2D eigenvalue weighted by atomic mass is 10.2. The van der Waals surface area contributed by atoms with Crippen molar-refractivity contribution in [3.05, 3.63) is 42.5 Å². The maximum atomic E-state index is 11.6. The number of hydrogen-bond acceptors (Lipinski definition) is 5. The van der Waals surface area contributed by atoms with Crippen molar-refractivity contribution in [2.24, 2.45) is 10.2 Å². The van der Waals surface area contributed by atoms with Crippen molar-refractivity contribution in [1.29, 1.82) is 0 Å². The summed E-state index contributed by atoms with van der Waals surface area (Å²) in [5, 5.41) is 11.1. The van der Waals surface area contributed by atoms with Gasteiger partial charge in [-0.25, -0.2) is 0 Å². The number of nitrogens with one attached hydrogen (secondary N) is 1. The first-order chi connectivity index (χ1) is 10.1. The van der Waals surface area contributed by atoms with Crippen LogP contribution in [-0.4, -0.2) is 36.6 Å². The quantitative estimate of drug-likeness (QED) is 0.515. The highest BCUT2D eigenvalue weighted by atomic mass is 32.2. The van der Waals surface area contributed by atoms with E-state index in [4.69, 9.17) is 0 Å². The van der Waals surface area contributed by atoms with E-state index in [1.54, 1.807) is 12.3 Å². The molecule has 21 heavy (non-hydrogen) atoms. The average Bonchev–Trinajstić information content (AvgIpc) is 2.80. The number of benzene rings is 1. The summed E-state index contributed by atoms with van der Waals surface area (Å²) in [6.07, 6.45) is 4.03. The van der Waals surface area contributed by atoms with Gasteiger partial charge in [-0.1, -0.05) is 30.0 Å². The number of allylic oxidation sites excluding steroid dienone is 1. The molecule has 1 aromatic carbocycles. The number of amides is 1. The maximum absolute atomic E-state index is 11.6. The van der Waals surface area contributed by atoms with Crippen molar-refractivity contribution < 1.29 is 4.79 Å². The molecule has 1 aliphatic rings. The van der Waals surface area contributed by atoms with E-state index < -0.39 is 0 Å². The van der Waals surface area contributed by atoms with Gasteiger partial charge in [0.25, 0.3) is 0 Å². The minimum Gasteiger partial charge on any atom is -0.378 e. The highest BCUT2D eigenvalue weighted by molar-refractivity contribution is 8.15. The summed E-state index contributed by atoms with van der Waals surface area (Å²) < 4.78 is 0. The van der Waals surface area contributed by atoms with Crippen LogP contribution in [0.15, 0.2) is 47.1 Å². The third kappa shape index (κ3) is 4.19. The first-order valence-corrected chi connectivity index (χ1v) is 7.45. The molecule has 1 heterocycles. The van der Waals surface area contributed by atoms with E-state index in [2.05, 4.69) is 22.1 Å². The van der Waals surface area contributed by atoms with Crippen LogP contribution < -0.4 is 10.2 Å². The molecule has 0 spiro atoms. The molecule has 1 fully saturated rings. The molecule has 110 valence electrons. The fourth-order valence-corrected chi connectivity index (χ4v) is 2.69. The average molecular weight is 302 g/mol. The number of rotatable bonds is 5. The number of amidine groups is 1. The molecule has 1 atom stereocenters. The molecule has 0 saturated carbocycles. The van der Waals surface area contributed by atoms with Crippen LogP contribution in [0.2, 0.25) is 0 Å². The Morgan fingerprint density at radius 1 is 1.38 bits per heavy atom. The van der Waals surface area contributed by atoms with E-state index in [1.165, 1.54) is 11.8 Å². The summed E-state index contributed by atoms with van der Waals surface area (Å²) in [6.45, 7) is 3.64.